The van der Waals surface area contributed by atoms with E-state index in [9.17, 15) is 0 Å². The minimum atomic E-state index is -0.0659. The third-order valence-corrected chi connectivity index (χ3v) is 4.14. The Morgan fingerprint density at radius 3 is 2.90 bits per heavy atom. The highest BCUT2D eigenvalue weighted by atomic mass is 35.5. The molecule has 0 bridgehead atoms. The summed E-state index contributed by atoms with van der Waals surface area (Å²) in [6.45, 7) is 4.13. The van der Waals surface area contributed by atoms with Crippen molar-refractivity contribution in [3.63, 3.8) is 0 Å². The maximum atomic E-state index is 5.98. The number of hydrogen-bond donors (Lipinski definition) is 2. The Morgan fingerprint density at radius 2 is 2.25 bits per heavy atom. The van der Waals surface area contributed by atoms with Crippen molar-refractivity contribution in [2.24, 2.45) is 5.84 Å². The van der Waals surface area contributed by atoms with Gasteiger partial charge in [-0.2, -0.15) is 5.10 Å². The number of rotatable bonds is 6. The molecule has 3 N–H and O–H groups in total. The van der Waals surface area contributed by atoms with Gasteiger partial charge >= 0.3 is 0 Å². The van der Waals surface area contributed by atoms with Gasteiger partial charge in [-0.05, 0) is 32.0 Å². The van der Waals surface area contributed by atoms with Gasteiger partial charge in [-0.1, -0.05) is 17.7 Å². The highest BCUT2D eigenvalue weighted by Gasteiger charge is 2.18. The average molecular weight is 312 g/mol. The van der Waals surface area contributed by atoms with E-state index >= 15 is 0 Å². The second-order valence-electron chi connectivity index (χ2n) is 4.64. The summed E-state index contributed by atoms with van der Waals surface area (Å²) in [7, 11) is 0. The van der Waals surface area contributed by atoms with Crippen molar-refractivity contribution in [1.82, 2.24) is 20.2 Å². The van der Waals surface area contributed by atoms with E-state index in [1.807, 2.05) is 28.9 Å². The van der Waals surface area contributed by atoms with E-state index in [-0.39, 0.29) is 12.1 Å². The fourth-order valence-corrected chi connectivity index (χ4v) is 3.08. The Balaban J connectivity index is 2.07. The molecule has 5 nitrogen and oxygen atoms in total. The molecule has 0 saturated carbocycles. The molecular formula is C13H18ClN5S. The second kappa shape index (κ2) is 7.08. The van der Waals surface area contributed by atoms with E-state index in [0.717, 1.165) is 21.5 Å². The van der Waals surface area contributed by atoms with Crippen LogP contribution in [0, 0.1) is 0 Å². The standard InChI is InChI=1S/C13H18ClN5S/c1-9(2)19-13(16-8-17-19)12(18-15)7-20-11-5-3-4-10(14)6-11/h3-6,8-9,12,18H,7,15H2,1-2H3. The minimum absolute atomic E-state index is 0.0659. The summed E-state index contributed by atoms with van der Waals surface area (Å²) in [5.74, 6) is 7.25. The van der Waals surface area contributed by atoms with Gasteiger partial charge in [-0.25, -0.2) is 15.1 Å². The smallest absolute Gasteiger partial charge is 0.146 e. The van der Waals surface area contributed by atoms with Crippen LogP contribution in [0.15, 0.2) is 35.5 Å². The summed E-state index contributed by atoms with van der Waals surface area (Å²) in [5.41, 5.74) is 2.81. The maximum absolute atomic E-state index is 5.98. The van der Waals surface area contributed by atoms with E-state index in [1.165, 1.54) is 0 Å². The van der Waals surface area contributed by atoms with E-state index in [1.54, 1.807) is 18.1 Å². The highest BCUT2D eigenvalue weighted by Crippen LogP contribution is 2.26. The number of benzene rings is 1. The van der Waals surface area contributed by atoms with Crippen LogP contribution in [0.3, 0.4) is 0 Å². The first kappa shape index (κ1) is 15.3. The molecule has 1 heterocycles. The molecule has 2 rings (SSSR count). The first-order valence-corrected chi connectivity index (χ1v) is 7.72. The number of nitrogens with zero attached hydrogens (tertiary/aromatic N) is 3. The molecule has 108 valence electrons. The summed E-state index contributed by atoms with van der Waals surface area (Å²) in [4.78, 5) is 5.41. The second-order valence-corrected chi connectivity index (χ2v) is 6.17. The van der Waals surface area contributed by atoms with Crippen LogP contribution >= 0.6 is 23.4 Å². The Labute approximate surface area is 127 Å². The summed E-state index contributed by atoms with van der Waals surface area (Å²) < 4.78 is 1.88. The molecule has 1 atom stereocenters. The topological polar surface area (TPSA) is 68.8 Å². The Kier molecular flexibility index (Phi) is 5.42. The number of halogens is 1. The molecule has 0 saturated heterocycles. The molecule has 0 aliphatic rings. The van der Waals surface area contributed by atoms with E-state index < -0.39 is 0 Å². The summed E-state index contributed by atoms with van der Waals surface area (Å²) in [5, 5.41) is 4.97. The molecule has 20 heavy (non-hydrogen) atoms. The fraction of sp³-hybridized carbons (Fsp3) is 0.385. The van der Waals surface area contributed by atoms with Crippen molar-refractivity contribution < 1.29 is 0 Å². The van der Waals surface area contributed by atoms with Gasteiger partial charge in [0.15, 0.2) is 0 Å². The predicted octanol–water partition coefficient (Wildman–Crippen LogP) is 2.81. The van der Waals surface area contributed by atoms with E-state index in [2.05, 4.69) is 29.4 Å². The zero-order valence-electron chi connectivity index (χ0n) is 11.5. The monoisotopic (exact) mass is 311 g/mol. The number of hydrazine groups is 1. The fourth-order valence-electron chi connectivity index (χ4n) is 1.84. The normalized spacial score (nSPS) is 12.8. The Hall–Kier alpha value is -1.08. The zero-order valence-corrected chi connectivity index (χ0v) is 13.0. The van der Waals surface area contributed by atoms with Gasteiger partial charge in [-0.3, -0.25) is 5.84 Å². The van der Waals surface area contributed by atoms with Crippen LogP contribution in [-0.2, 0) is 0 Å². The summed E-state index contributed by atoms with van der Waals surface area (Å²) in [6.07, 6.45) is 1.56. The Morgan fingerprint density at radius 1 is 1.45 bits per heavy atom. The van der Waals surface area contributed by atoms with Crippen LogP contribution in [0.1, 0.15) is 31.8 Å². The molecule has 0 radical (unpaired) electrons. The van der Waals surface area contributed by atoms with Gasteiger partial charge in [0, 0.05) is 21.7 Å². The van der Waals surface area contributed by atoms with Gasteiger partial charge < -0.3 is 0 Å². The largest absolute Gasteiger partial charge is 0.271 e. The number of aromatic nitrogens is 3. The molecule has 1 aromatic carbocycles. The SMILES string of the molecule is CC(C)n1ncnc1C(CSc1cccc(Cl)c1)NN. The van der Waals surface area contributed by atoms with Gasteiger partial charge in [-0.15, -0.1) is 11.8 Å². The van der Waals surface area contributed by atoms with E-state index in [4.69, 9.17) is 17.4 Å². The van der Waals surface area contributed by atoms with Crippen molar-refractivity contribution in [2.75, 3.05) is 5.75 Å². The van der Waals surface area contributed by atoms with E-state index in [0.29, 0.717) is 0 Å². The van der Waals surface area contributed by atoms with Gasteiger partial charge in [0.05, 0.1) is 6.04 Å². The molecule has 0 aliphatic carbocycles. The number of hydrogen-bond acceptors (Lipinski definition) is 5. The lowest BCUT2D eigenvalue weighted by molar-refractivity contribution is 0.460. The lowest BCUT2D eigenvalue weighted by Crippen LogP contribution is -2.32. The van der Waals surface area contributed by atoms with Crippen LogP contribution in [0.2, 0.25) is 5.02 Å². The third-order valence-electron chi connectivity index (χ3n) is 2.82. The molecule has 2 aromatic rings. The van der Waals surface area contributed by atoms with Crippen molar-refractivity contribution in [2.45, 2.75) is 30.8 Å². The number of nitrogens with two attached hydrogens (primary N) is 1. The third kappa shape index (κ3) is 3.73. The lowest BCUT2D eigenvalue weighted by Gasteiger charge is -2.17. The first-order chi connectivity index (χ1) is 9.61. The van der Waals surface area contributed by atoms with Gasteiger partial charge in [0.25, 0.3) is 0 Å². The van der Waals surface area contributed by atoms with Crippen molar-refractivity contribution in [3.05, 3.63) is 41.4 Å². The quantitative estimate of drug-likeness (QED) is 0.488. The van der Waals surface area contributed by atoms with Gasteiger partial charge in [0.2, 0.25) is 0 Å². The zero-order chi connectivity index (χ0) is 14.5. The molecular weight excluding hydrogens is 294 g/mol. The summed E-state index contributed by atoms with van der Waals surface area (Å²) in [6, 6.07) is 7.94. The predicted molar refractivity (Wildman–Crippen MR) is 82.6 cm³/mol. The maximum Gasteiger partial charge on any atom is 0.146 e. The molecule has 1 unspecified atom stereocenters. The lowest BCUT2D eigenvalue weighted by atomic mass is 10.3. The molecule has 1 aromatic heterocycles. The highest BCUT2D eigenvalue weighted by molar-refractivity contribution is 7.99. The van der Waals surface area contributed by atoms with Crippen LogP contribution in [0.4, 0.5) is 0 Å². The summed E-state index contributed by atoms with van der Waals surface area (Å²) >= 11 is 7.66. The van der Waals surface area contributed by atoms with Crippen LogP contribution in [-0.4, -0.2) is 20.5 Å². The number of thioether (sulfide) groups is 1. The van der Waals surface area contributed by atoms with Gasteiger partial charge in [0.1, 0.15) is 12.2 Å². The minimum Gasteiger partial charge on any atom is -0.271 e. The van der Waals surface area contributed by atoms with Crippen molar-refractivity contribution in [3.8, 4) is 0 Å². The average Bonchev–Trinajstić information content (AvgIpc) is 2.89. The Bertz CT molecular complexity index is 557. The van der Waals surface area contributed by atoms with Crippen LogP contribution < -0.4 is 11.3 Å². The number of nitrogens with one attached hydrogen (secondary N) is 1. The van der Waals surface area contributed by atoms with Crippen LogP contribution in [0.5, 0.6) is 0 Å². The van der Waals surface area contributed by atoms with Crippen LogP contribution in [0.25, 0.3) is 0 Å². The molecule has 7 heteroatoms. The van der Waals surface area contributed by atoms with Crippen molar-refractivity contribution >= 4 is 23.4 Å². The van der Waals surface area contributed by atoms with Crippen molar-refractivity contribution in [1.29, 1.82) is 0 Å². The molecule has 0 fully saturated rings. The molecule has 0 amide bonds. The first-order valence-electron chi connectivity index (χ1n) is 6.35. The molecule has 0 aliphatic heterocycles. The molecule has 0 spiro atoms.